The van der Waals surface area contributed by atoms with Crippen molar-refractivity contribution in [3.8, 4) is 11.1 Å². The molecule has 1 N–H and O–H groups in total. The molecule has 2 aromatic heterocycles. The zero-order chi connectivity index (χ0) is 24.6. The normalized spacial score (nSPS) is 17.5. The predicted octanol–water partition coefficient (Wildman–Crippen LogP) is 1.57. The number of hydrogen-bond donors (Lipinski definition) is 1. The van der Waals surface area contributed by atoms with Crippen LogP contribution in [0.4, 0.5) is 0 Å². The van der Waals surface area contributed by atoms with Crippen LogP contribution in [0.1, 0.15) is 0 Å². The first kappa shape index (κ1) is 23.4. The van der Waals surface area contributed by atoms with Gasteiger partial charge >= 0.3 is 10.2 Å². The highest BCUT2D eigenvalue weighted by molar-refractivity contribution is 7.87. The van der Waals surface area contributed by atoms with Crippen LogP contribution in [-0.2, 0) is 26.7 Å². The van der Waals surface area contributed by atoms with E-state index >= 15 is 0 Å². The Morgan fingerprint density at radius 1 is 1.14 bits per heavy atom. The van der Waals surface area contributed by atoms with Gasteiger partial charge in [0.1, 0.15) is 5.36 Å². The lowest BCUT2D eigenvalue weighted by molar-refractivity contribution is -0.0909. The van der Waals surface area contributed by atoms with E-state index in [2.05, 4.69) is 14.5 Å². The van der Waals surface area contributed by atoms with Crippen molar-refractivity contribution < 1.29 is 17.9 Å². The maximum atomic E-state index is 13.1. The molecule has 1 fully saturated rings. The van der Waals surface area contributed by atoms with Crippen LogP contribution in [0.25, 0.3) is 32.8 Å². The number of rotatable bonds is 5. The van der Waals surface area contributed by atoms with Crippen molar-refractivity contribution >= 4 is 31.9 Å². The van der Waals surface area contributed by atoms with Crippen LogP contribution in [0, 0.1) is 0 Å². The van der Waals surface area contributed by atoms with E-state index in [1.807, 2.05) is 37.5 Å². The number of hydrogen-bond acceptors (Lipinski definition) is 6. The smallest absolute Gasteiger partial charge is 0.322 e. The first-order valence-electron chi connectivity index (χ1n) is 11.1. The van der Waals surface area contributed by atoms with Crippen LogP contribution in [0.3, 0.4) is 0 Å². The molecular weight excluding hydrogens is 470 g/mol. The summed E-state index contributed by atoms with van der Waals surface area (Å²) in [5.74, 6) is 0. The Hall–Kier alpha value is -3.38. The lowest BCUT2D eigenvalue weighted by atomic mass is 10.0. The fraction of sp³-hybridized carbons (Fsp3) is 0.292. The Bertz CT molecular complexity index is 1640. The average Bonchev–Trinajstić information content (AvgIpc) is 3.19. The van der Waals surface area contributed by atoms with Gasteiger partial charge in [-0.05, 0) is 23.1 Å². The molecule has 0 amide bonds. The molecule has 4 aromatic rings. The second-order valence-corrected chi connectivity index (χ2v) is 10.1. The third-order valence-electron chi connectivity index (χ3n) is 5.94. The fourth-order valence-corrected chi connectivity index (χ4v) is 5.04. The number of aromatic nitrogens is 3. The lowest BCUT2D eigenvalue weighted by Gasteiger charge is -2.25. The number of aryl methyl sites for hydroxylation is 1. The van der Waals surface area contributed by atoms with Gasteiger partial charge in [-0.3, -0.25) is 9.48 Å². The third kappa shape index (κ3) is 4.76. The number of ether oxygens (including phenoxy) is 2. The average molecular weight is 496 g/mol. The van der Waals surface area contributed by atoms with E-state index in [4.69, 9.17) is 9.47 Å². The van der Waals surface area contributed by atoms with Gasteiger partial charge in [0.05, 0.1) is 37.6 Å². The van der Waals surface area contributed by atoms with Crippen molar-refractivity contribution in [1.82, 2.24) is 19.1 Å². The highest BCUT2D eigenvalue weighted by atomic mass is 32.2. The summed E-state index contributed by atoms with van der Waals surface area (Å²) in [4.78, 5) is 15.9. The Morgan fingerprint density at radius 3 is 2.71 bits per heavy atom. The Balaban J connectivity index is 1.62. The summed E-state index contributed by atoms with van der Waals surface area (Å²) in [6.45, 7) is 1.35. The van der Waals surface area contributed by atoms with Gasteiger partial charge in [0.15, 0.2) is 0 Å². The third-order valence-corrected chi connectivity index (χ3v) is 7.30. The van der Waals surface area contributed by atoms with Crippen LogP contribution in [-0.4, -0.2) is 67.0 Å². The Kier molecular flexibility index (Phi) is 6.24. The minimum atomic E-state index is -4.05. The predicted molar refractivity (Wildman–Crippen MR) is 132 cm³/mol. The van der Waals surface area contributed by atoms with Crippen molar-refractivity contribution in [2.45, 2.75) is 6.10 Å². The van der Waals surface area contributed by atoms with Crippen LogP contribution >= 0.6 is 0 Å². The summed E-state index contributed by atoms with van der Waals surface area (Å²) < 4.78 is 43.9. The monoisotopic (exact) mass is 495 g/mol. The second-order valence-electron chi connectivity index (χ2n) is 8.43. The second kappa shape index (κ2) is 9.34. The van der Waals surface area contributed by atoms with E-state index in [1.54, 1.807) is 29.1 Å². The number of H-pyrrole nitrogens is 1. The minimum absolute atomic E-state index is 0.110. The summed E-state index contributed by atoms with van der Waals surface area (Å²) in [5.41, 5.74) is 1.76. The van der Waals surface area contributed by atoms with Gasteiger partial charge in [0, 0.05) is 43.2 Å². The van der Waals surface area contributed by atoms with Gasteiger partial charge in [-0.2, -0.15) is 17.8 Å². The van der Waals surface area contributed by atoms with Gasteiger partial charge < -0.3 is 14.5 Å². The van der Waals surface area contributed by atoms with Gasteiger partial charge in [0.25, 0.3) is 5.56 Å². The first-order valence-corrected chi connectivity index (χ1v) is 12.5. The number of nitrogens with one attached hydrogen (secondary N) is 1. The van der Waals surface area contributed by atoms with Crippen molar-refractivity contribution in [2.24, 2.45) is 11.4 Å². The first-order chi connectivity index (χ1) is 16.8. The number of likely N-dealkylation sites (N-methyl/N-ethyl adjacent to an activating group) is 1. The molecule has 1 aliphatic heterocycles. The minimum Gasteiger partial charge on any atom is -0.376 e. The topological polar surface area (TPSA) is 119 Å². The molecule has 1 aliphatic rings. The van der Waals surface area contributed by atoms with Crippen molar-refractivity contribution in [2.75, 3.05) is 33.4 Å². The molecule has 0 bridgehead atoms. The molecule has 3 heterocycles. The van der Waals surface area contributed by atoms with E-state index in [-0.39, 0.29) is 23.6 Å². The summed E-state index contributed by atoms with van der Waals surface area (Å²) >= 11 is 0. The van der Waals surface area contributed by atoms with Crippen LogP contribution < -0.4 is 10.9 Å². The molecule has 10 nitrogen and oxygen atoms in total. The zero-order valence-corrected chi connectivity index (χ0v) is 20.2. The van der Waals surface area contributed by atoms with E-state index in [9.17, 15) is 13.2 Å². The Morgan fingerprint density at radius 2 is 1.97 bits per heavy atom. The fourth-order valence-electron chi connectivity index (χ4n) is 4.15. The van der Waals surface area contributed by atoms with Gasteiger partial charge in [-0.25, -0.2) is 0 Å². The molecule has 0 spiro atoms. The van der Waals surface area contributed by atoms with Gasteiger partial charge in [-0.15, -0.1) is 4.40 Å². The molecule has 1 atom stereocenters. The highest BCUT2D eigenvalue weighted by Gasteiger charge is 2.23. The molecule has 0 aliphatic carbocycles. The molecule has 1 saturated heterocycles. The van der Waals surface area contributed by atoms with Crippen molar-refractivity contribution in [3.05, 3.63) is 70.6 Å². The molecular formula is C24H25N5O5S. The molecule has 2 aromatic carbocycles. The van der Waals surface area contributed by atoms with E-state index < -0.39 is 10.2 Å². The maximum Gasteiger partial charge on any atom is 0.322 e. The number of nitrogens with zero attached hydrogens (tertiary/aromatic N) is 4. The van der Waals surface area contributed by atoms with E-state index in [0.29, 0.717) is 41.5 Å². The molecule has 5 rings (SSSR count). The van der Waals surface area contributed by atoms with Gasteiger partial charge in [0.2, 0.25) is 0 Å². The van der Waals surface area contributed by atoms with Crippen LogP contribution in [0.5, 0.6) is 0 Å². The zero-order valence-electron chi connectivity index (χ0n) is 19.3. The summed E-state index contributed by atoms with van der Waals surface area (Å²) in [5, 5.41) is 6.21. The molecule has 35 heavy (non-hydrogen) atoms. The van der Waals surface area contributed by atoms with Crippen molar-refractivity contribution in [3.63, 3.8) is 0 Å². The van der Waals surface area contributed by atoms with Gasteiger partial charge in [-0.1, -0.05) is 30.3 Å². The molecule has 0 unspecified atom stereocenters. The lowest BCUT2D eigenvalue weighted by Crippen LogP contribution is -2.40. The van der Waals surface area contributed by atoms with Crippen molar-refractivity contribution in [1.29, 1.82) is 0 Å². The molecule has 182 valence electrons. The molecule has 11 heteroatoms. The largest absolute Gasteiger partial charge is 0.376 e. The SMILES string of the molecule is CN(C[C@@H]1COCCO1)S(=O)(=O)N=c1ccccc2c1[nH]c(=O)c1cc(-c3cnn(C)c3)ccc12. The van der Waals surface area contributed by atoms with E-state index in [1.165, 1.54) is 7.05 Å². The standard InChI is InChI=1S/C24H25N5O5S/c1-28-13-17(12-25-28)16-7-8-19-20-5-3-4-6-22(23(20)26-24(30)21(19)11-16)27-35(31,32)29(2)14-18-15-33-9-10-34-18/h3-8,11-13,18H,9-10,14-15H2,1-2H3,(H,26,30)/t18-/m1/s1. The number of fused-ring (bicyclic) bond motifs is 3. The summed E-state index contributed by atoms with van der Waals surface area (Å²) in [6.07, 6.45) is 3.25. The van der Waals surface area contributed by atoms with Crippen LogP contribution in [0.15, 0.2) is 64.1 Å². The number of aromatic amines is 1. The Labute approximate surface area is 201 Å². The summed E-state index contributed by atoms with van der Waals surface area (Å²) in [6, 6.07) is 12.5. The number of benzene rings is 1. The summed E-state index contributed by atoms with van der Waals surface area (Å²) in [7, 11) is -0.774. The highest BCUT2D eigenvalue weighted by Crippen LogP contribution is 2.25. The van der Waals surface area contributed by atoms with E-state index in [0.717, 1.165) is 15.4 Å². The van der Waals surface area contributed by atoms with Crippen LogP contribution in [0.2, 0.25) is 0 Å². The quantitative estimate of drug-likeness (QED) is 0.449. The molecule has 0 saturated carbocycles. The number of pyridine rings is 1. The molecule has 0 radical (unpaired) electrons. The maximum absolute atomic E-state index is 13.1.